The molecule has 2 atom stereocenters. The summed E-state index contributed by atoms with van der Waals surface area (Å²) in [5, 5.41) is 13.5. The summed E-state index contributed by atoms with van der Waals surface area (Å²) >= 11 is 3.57. The average Bonchev–Trinajstić information content (AvgIpc) is 2.48. The van der Waals surface area contributed by atoms with Crippen LogP contribution in [0.2, 0.25) is 0 Å². The monoisotopic (exact) mass is 349 g/mol. The van der Waals surface area contributed by atoms with Crippen LogP contribution in [0.1, 0.15) is 37.1 Å². The zero-order valence-corrected chi connectivity index (χ0v) is 14.0. The zero-order chi connectivity index (χ0) is 15.4. The van der Waals surface area contributed by atoms with Crippen molar-refractivity contribution < 1.29 is 9.84 Å². The number of rotatable bonds is 5. The van der Waals surface area contributed by atoms with Crippen molar-refractivity contribution in [3.63, 3.8) is 0 Å². The molecule has 0 saturated carbocycles. The molecule has 0 saturated heterocycles. The molecule has 112 valence electrons. The number of phenols is 1. The molecule has 2 aromatic rings. The minimum Gasteiger partial charge on any atom is -0.508 e. The Bertz CT molecular complexity index is 615. The predicted octanol–water partition coefficient (Wildman–Crippen LogP) is 4.58. The first-order valence-corrected chi connectivity index (χ1v) is 7.69. The molecule has 2 rings (SSSR count). The van der Waals surface area contributed by atoms with Gasteiger partial charge >= 0.3 is 0 Å². The van der Waals surface area contributed by atoms with E-state index in [1.165, 1.54) is 5.56 Å². The van der Waals surface area contributed by atoms with Gasteiger partial charge in [0.05, 0.1) is 7.11 Å². The number of ether oxygens (including phenoxy) is 1. The van der Waals surface area contributed by atoms with Gasteiger partial charge in [0.15, 0.2) is 0 Å². The molecule has 3 nitrogen and oxygen atoms in total. The molecule has 0 aliphatic rings. The maximum Gasteiger partial charge on any atom is 0.120 e. The normalized spacial score (nSPS) is 13.7. The Labute approximate surface area is 134 Å². The number of hydrogen-bond donors (Lipinski definition) is 2. The summed E-state index contributed by atoms with van der Waals surface area (Å²) in [6.45, 7) is 4.13. The van der Waals surface area contributed by atoms with Crippen molar-refractivity contribution in [2.75, 3.05) is 7.11 Å². The van der Waals surface area contributed by atoms with E-state index >= 15 is 0 Å². The molecule has 4 heteroatoms. The van der Waals surface area contributed by atoms with Gasteiger partial charge in [0.2, 0.25) is 0 Å². The Morgan fingerprint density at radius 3 is 2.38 bits per heavy atom. The molecular weight excluding hydrogens is 330 g/mol. The van der Waals surface area contributed by atoms with E-state index in [0.29, 0.717) is 0 Å². The molecule has 0 radical (unpaired) electrons. The molecule has 0 aliphatic heterocycles. The van der Waals surface area contributed by atoms with Gasteiger partial charge in [0, 0.05) is 22.1 Å². The summed E-state index contributed by atoms with van der Waals surface area (Å²) < 4.78 is 6.30. The lowest BCUT2D eigenvalue weighted by molar-refractivity contribution is 0.405. The van der Waals surface area contributed by atoms with E-state index in [-0.39, 0.29) is 17.8 Å². The summed E-state index contributed by atoms with van der Waals surface area (Å²) in [5.41, 5.74) is 2.01. The lowest BCUT2D eigenvalue weighted by Crippen LogP contribution is -2.22. The number of phenolic OH excluding ortho intramolecular Hbond substituents is 1. The van der Waals surface area contributed by atoms with Crippen LogP contribution in [0.4, 0.5) is 0 Å². The van der Waals surface area contributed by atoms with E-state index in [2.05, 4.69) is 34.2 Å². The Kier molecular flexibility index (Phi) is 5.26. The van der Waals surface area contributed by atoms with Gasteiger partial charge in [-0.2, -0.15) is 0 Å². The predicted molar refractivity (Wildman–Crippen MR) is 88.8 cm³/mol. The van der Waals surface area contributed by atoms with Crippen LogP contribution in [0, 0.1) is 0 Å². The van der Waals surface area contributed by atoms with Crippen LogP contribution in [0.15, 0.2) is 46.9 Å². The minimum absolute atomic E-state index is 0.00204. The van der Waals surface area contributed by atoms with Crippen molar-refractivity contribution in [3.8, 4) is 11.5 Å². The molecule has 0 heterocycles. The Morgan fingerprint density at radius 1 is 1.05 bits per heavy atom. The first kappa shape index (κ1) is 15.9. The van der Waals surface area contributed by atoms with Crippen molar-refractivity contribution >= 4 is 15.9 Å². The average molecular weight is 350 g/mol. The number of nitrogens with one attached hydrogen (secondary N) is 1. The fraction of sp³-hybridized carbons (Fsp3) is 0.294. The smallest absolute Gasteiger partial charge is 0.120 e. The number of methoxy groups -OCH3 is 1. The molecular formula is C17H20BrNO2. The maximum absolute atomic E-state index is 10.0. The number of benzene rings is 2. The van der Waals surface area contributed by atoms with E-state index in [9.17, 15) is 5.11 Å². The third-order valence-electron chi connectivity index (χ3n) is 3.57. The molecule has 0 aliphatic carbocycles. The van der Waals surface area contributed by atoms with E-state index < -0.39 is 0 Å². The van der Waals surface area contributed by atoms with E-state index in [1.807, 2.05) is 31.2 Å². The Balaban J connectivity index is 2.18. The first-order valence-electron chi connectivity index (χ1n) is 6.90. The summed E-state index contributed by atoms with van der Waals surface area (Å²) in [5.74, 6) is 1.01. The highest BCUT2D eigenvalue weighted by Gasteiger charge is 2.16. The highest BCUT2D eigenvalue weighted by Crippen LogP contribution is 2.31. The zero-order valence-electron chi connectivity index (χ0n) is 12.4. The Hall–Kier alpha value is -1.52. The molecule has 21 heavy (non-hydrogen) atoms. The van der Waals surface area contributed by atoms with Gasteiger partial charge in [-0.25, -0.2) is 0 Å². The molecule has 1 unspecified atom stereocenters. The van der Waals surface area contributed by atoms with Gasteiger partial charge in [-0.15, -0.1) is 0 Å². The summed E-state index contributed by atoms with van der Waals surface area (Å²) in [4.78, 5) is 0. The van der Waals surface area contributed by atoms with Crippen LogP contribution in [-0.4, -0.2) is 12.2 Å². The fourth-order valence-corrected chi connectivity index (χ4v) is 3.02. The lowest BCUT2D eigenvalue weighted by Gasteiger charge is -2.22. The standard InChI is InChI=1S/C17H20BrNO2/c1-11(14-6-4-5-7-16(14)18)19-12(2)15-10-13(21-3)8-9-17(15)20/h4-12,19-20H,1-3H3/t11-,12?/m1/s1. The SMILES string of the molecule is COc1ccc(O)c(C(C)N[C@H](C)c2ccccc2Br)c1. The van der Waals surface area contributed by atoms with Gasteiger partial charge in [-0.1, -0.05) is 34.1 Å². The molecule has 2 N–H and O–H groups in total. The van der Waals surface area contributed by atoms with E-state index in [4.69, 9.17) is 4.74 Å². The third kappa shape index (κ3) is 3.77. The van der Waals surface area contributed by atoms with Crippen LogP contribution in [0.3, 0.4) is 0 Å². The second-order valence-electron chi connectivity index (χ2n) is 5.06. The highest BCUT2D eigenvalue weighted by atomic mass is 79.9. The van der Waals surface area contributed by atoms with E-state index in [0.717, 1.165) is 15.8 Å². The summed E-state index contributed by atoms with van der Waals surface area (Å²) in [6, 6.07) is 13.6. The fourth-order valence-electron chi connectivity index (χ4n) is 2.39. The van der Waals surface area contributed by atoms with Crippen molar-refractivity contribution in [1.82, 2.24) is 5.32 Å². The van der Waals surface area contributed by atoms with Crippen LogP contribution in [0.25, 0.3) is 0 Å². The van der Waals surface area contributed by atoms with Crippen LogP contribution in [0.5, 0.6) is 11.5 Å². The highest BCUT2D eigenvalue weighted by molar-refractivity contribution is 9.10. The second-order valence-corrected chi connectivity index (χ2v) is 5.91. The quantitative estimate of drug-likeness (QED) is 0.830. The van der Waals surface area contributed by atoms with Crippen molar-refractivity contribution in [2.45, 2.75) is 25.9 Å². The minimum atomic E-state index is 0.00204. The number of hydrogen-bond acceptors (Lipinski definition) is 3. The van der Waals surface area contributed by atoms with E-state index in [1.54, 1.807) is 19.2 Å². The largest absolute Gasteiger partial charge is 0.508 e. The van der Waals surface area contributed by atoms with Gasteiger partial charge in [0.25, 0.3) is 0 Å². The van der Waals surface area contributed by atoms with Gasteiger partial charge < -0.3 is 15.2 Å². The van der Waals surface area contributed by atoms with Crippen molar-refractivity contribution in [1.29, 1.82) is 0 Å². The van der Waals surface area contributed by atoms with Crippen molar-refractivity contribution in [3.05, 3.63) is 58.1 Å². The molecule has 0 fully saturated rings. The van der Waals surface area contributed by atoms with Gasteiger partial charge in [0.1, 0.15) is 11.5 Å². The Morgan fingerprint density at radius 2 is 1.71 bits per heavy atom. The molecule has 0 amide bonds. The molecule has 0 spiro atoms. The van der Waals surface area contributed by atoms with Crippen LogP contribution < -0.4 is 10.1 Å². The molecule has 0 aromatic heterocycles. The van der Waals surface area contributed by atoms with Gasteiger partial charge in [-0.05, 0) is 43.7 Å². The first-order chi connectivity index (χ1) is 10.0. The molecule has 0 bridgehead atoms. The summed E-state index contributed by atoms with van der Waals surface area (Å²) in [6.07, 6.45) is 0. The van der Waals surface area contributed by atoms with Crippen molar-refractivity contribution in [2.24, 2.45) is 0 Å². The van der Waals surface area contributed by atoms with Crippen LogP contribution in [-0.2, 0) is 0 Å². The lowest BCUT2D eigenvalue weighted by atomic mass is 10.0. The van der Waals surface area contributed by atoms with Crippen LogP contribution >= 0.6 is 15.9 Å². The summed E-state index contributed by atoms with van der Waals surface area (Å²) in [7, 11) is 1.62. The molecule has 2 aromatic carbocycles. The topological polar surface area (TPSA) is 41.5 Å². The van der Waals surface area contributed by atoms with Gasteiger partial charge in [-0.3, -0.25) is 0 Å². The maximum atomic E-state index is 10.0. The number of aromatic hydroxyl groups is 1. The number of halogens is 1. The second kappa shape index (κ2) is 6.96. The third-order valence-corrected chi connectivity index (χ3v) is 4.30.